The second-order valence-electron chi connectivity index (χ2n) is 17.0. The average molecular weight is 949 g/mol. The van der Waals surface area contributed by atoms with E-state index in [0.717, 1.165) is 128 Å². The lowest BCUT2D eigenvalue weighted by Gasteiger charge is -2.18. The Morgan fingerprint density at radius 1 is 0.304 bits per heavy atom. The van der Waals surface area contributed by atoms with E-state index in [2.05, 4.69) is 167 Å². The Hall–Kier alpha value is -4.97. The minimum absolute atomic E-state index is 0.137. The summed E-state index contributed by atoms with van der Waals surface area (Å²) in [5, 5.41) is 0. The maximum absolute atomic E-state index is 12.8. The predicted octanol–water partition coefficient (Wildman–Crippen LogP) is 18.2. The van der Waals surface area contributed by atoms with Crippen molar-refractivity contribution in [2.24, 2.45) is 0 Å². The van der Waals surface area contributed by atoms with E-state index in [4.69, 9.17) is 14.2 Å². The Morgan fingerprint density at radius 3 is 0.986 bits per heavy atom. The fourth-order valence-corrected chi connectivity index (χ4v) is 6.52. The molecule has 0 aromatic rings. The fourth-order valence-electron chi connectivity index (χ4n) is 6.52. The van der Waals surface area contributed by atoms with Gasteiger partial charge >= 0.3 is 17.9 Å². The van der Waals surface area contributed by atoms with Crippen molar-refractivity contribution in [3.8, 4) is 0 Å². The fraction of sp³-hybridized carbons (Fsp3) is 0.540. The molecule has 0 unspecified atom stereocenters. The summed E-state index contributed by atoms with van der Waals surface area (Å²) in [5.74, 6) is -1.10. The average Bonchev–Trinajstić information content (AvgIpc) is 3.35. The molecule has 0 spiro atoms. The van der Waals surface area contributed by atoms with Gasteiger partial charge in [-0.25, -0.2) is 0 Å². The molecule has 0 aliphatic heterocycles. The maximum atomic E-state index is 12.8. The van der Waals surface area contributed by atoms with Crippen LogP contribution >= 0.6 is 0 Å². The standard InChI is InChI=1S/C63H96O6/c1-4-7-10-13-16-19-22-25-28-30-31-33-36-38-41-44-47-50-53-56-62(65)68-59-60(69-63(66)57-54-51-48-45-42-39-34-27-24-21-18-15-12-9-6-3)58-67-61(64)55-52-49-46-43-40-37-35-32-29-26-23-20-17-14-11-8-5-2/h7-8,10-11,16-21,25-29,31,33-35,37-38,41-42,45,47,50,60H,4-6,9,12-15,22-24,30,32,36,39-40,43-44,46,48-49,51-59H2,1-3H3/b10-7-,11-8-,19-16-,20-17-,21-18-,28-25-,29-26-,33-31-,34-27-,37-35-,41-38-,45-42-,50-47-/t60-/m0/s1. The highest BCUT2D eigenvalue weighted by molar-refractivity contribution is 5.71. The smallest absolute Gasteiger partial charge is 0.306 e. The summed E-state index contributed by atoms with van der Waals surface area (Å²) in [4.78, 5) is 38.0. The third kappa shape index (κ3) is 53.8. The quantitative estimate of drug-likeness (QED) is 0.0262. The van der Waals surface area contributed by atoms with Crippen LogP contribution in [0.1, 0.15) is 201 Å². The zero-order valence-corrected chi connectivity index (χ0v) is 43.8. The molecule has 0 rings (SSSR count). The van der Waals surface area contributed by atoms with E-state index < -0.39 is 6.10 Å². The van der Waals surface area contributed by atoms with E-state index in [1.54, 1.807) is 0 Å². The normalized spacial score (nSPS) is 13.4. The van der Waals surface area contributed by atoms with Gasteiger partial charge in [0, 0.05) is 19.3 Å². The van der Waals surface area contributed by atoms with Gasteiger partial charge in [0.2, 0.25) is 0 Å². The lowest BCUT2D eigenvalue weighted by atomic mass is 10.1. The van der Waals surface area contributed by atoms with Crippen LogP contribution in [-0.4, -0.2) is 37.2 Å². The molecule has 0 amide bonds. The van der Waals surface area contributed by atoms with E-state index in [9.17, 15) is 14.4 Å². The molecular formula is C63H96O6. The van der Waals surface area contributed by atoms with Crippen LogP contribution in [0, 0.1) is 0 Å². The van der Waals surface area contributed by atoms with Crippen LogP contribution in [-0.2, 0) is 28.6 Å². The number of esters is 3. The summed E-state index contributed by atoms with van der Waals surface area (Å²) in [6.45, 7) is 6.24. The number of ether oxygens (including phenoxy) is 3. The number of carbonyl (C=O) groups is 3. The summed E-state index contributed by atoms with van der Waals surface area (Å²) in [5.41, 5.74) is 0. The summed E-state index contributed by atoms with van der Waals surface area (Å²) in [6.07, 6.45) is 81.0. The molecule has 0 aromatic heterocycles. The second kappa shape index (κ2) is 55.6. The van der Waals surface area contributed by atoms with Crippen molar-refractivity contribution in [1.82, 2.24) is 0 Å². The Balaban J connectivity index is 4.64. The van der Waals surface area contributed by atoms with Gasteiger partial charge < -0.3 is 14.2 Å². The molecule has 0 radical (unpaired) electrons. The molecule has 0 heterocycles. The minimum Gasteiger partial charge on any atom is -0.462 e. The van der Waals surface area contributed by atoms with Crippen LogP contribution in [0.15, 0.2) is 158 Å². The molecule has 1 atom stereocenters. The van der Waals surface area contributed by atoms with Crippen molar-refractivity contribution >= 4 is 17.9 Å². The summed E-state index contributed by atoms with van der Waals surface area (Å²) < 4.78 is 16.7. The highest BCUT2D eigenvalue weighted by Gasteiger charge is 2.19. The molecule has 0 aromatic carbocycles. The van der Waals surface area contributed by atoms with Crippen molar-refractivity contribution in [2.45, 2.75) is 207 Å². The Labute approximate surface area is 422 Å². The largest absolute Gasteiger partial charge is 0.462 e. The van der Waals surface area contributed by atoms with Gasteiger partial charge in [0.15, 0.2) is 6.10 Å². The van der Waals surface area contributed by atoms with Gasteiger partial charge in [-0.05, 0) is 135 Å². The molecule has 0 saturated heterocycles. The number of allylic oxidation sites excluding steroid dienone is 26. The summed E-state index contributed by atoms with van der Waals surface area (Å²) >= 11 is 0. The summed E-state index contributed by atoms with van der Waals surface area (Å²) in [6, 6.07) is 0. The van der Waals surface area contributed by atoms with Gasteiger partial charge in [0.25, 0.3) is 0 Å². The highest BCUT2D eigenvalue weighted by Crippen LogP contribution is 2.10. The van der Waals surface area contributed by atoms with Gasteiger partial charge in [-0.2, -0.15) is 0 Å². The van der Waals surface area contributed by atoms with Crippen LogP contribution in [0.5, 0.6) is 0 Å². The number of hydrogen-bond acceptors (Lipinski definition) is 6. The first kappa shape index (κ1) is 64.0. The lowest BCUT2D eigenvalue weighted by molar-refractivity contribution is -0.166. The van der Waals surface area contributed by atoms with Crippen LogP contribution in [0.4, 0.5) is 0 Å². The first-order valence-electron chi connectivity index (χ1n) is 27.0. The van der Waals surface area contributed by atoms with Crippen molar-refractivity contribution < 1.29 is 28.6 Å². The van der Waals surface area contributed by atoms with E-state index in [1.807, 2.05) is 12.2 Å². The van der Waals surface area contributed by atoms with Gasteiger partial charge in [-0.15, -0.1) is 0 Å². The number of hydrogen-bond donors (Lipinski definition) is 0. The Bertz CT molecular complexity index is 1610. The first-order chi connectivity index (χ1) is 34.0. The number of carbonyl (C=O) groups excluding carboxylic acids is 3. The van der Waals surface area contributed by atoms with Crippen LogP contribution < -0.4 is 0 Å². The Morgan fingerprint density at radius 2 is 0.594 bits per heavy atom. The van der Waals surface area contributed by atoms with E-state index in [-0.39, 0.29) is 44.0 Å². The highest BCUT2D eigenvalue weighted by atomic mass is 16.6. The third-order valence-electron chi connectivity index (χ3n) is 10.5. The molecule has 0 aliphatic carbocycles. The molecule has 69 heavy (non-hydrogen) atoms. The van der Waals surface area contributed by atoms with Crippen molar-refractivity contribution in [3.05, 3.63) is 158 Å². The molecule has 0 saturated carbocycles. The molecule has 384 valence electrons. The molecule has 6 nitrogen and oxygen atoms in total. The number of rotatable bonds is 46. The predicted molar refractivity (Wildman–Crippen MR) is 297 cm³/mol. The van der Waals surface area contributed by atoms with Crippen LogP contribution in [0.25, 0.3) is 0 Å². The monoisotopic (exact) mass is 949 g/mol. The molecule has 0 N–H and O–H groups in total. The van der Waals surface area contributed by atoms with Crippen LogP contribution in [0.2, 0.25) is 0 Å². The number of unbranched alkanes of at least 4 members (excludes halogenated alkanes) is 9. The second-order valence-corrected chi connectivity index (χ2v) is 17.0. The zero-order chi connectivity index (χ0) is 50.0. The zero-order valence-electron chi connectivity index (χ0n) is 43.8. The van der Waals surface area contributed by atoms with E-state index >= 15 is 0 Å². The Kier molecular flexibility index (Phi) is 51.6. The van der Waals surface area contributed by atoms with Crippen molar-refractivity contribution in [3.63, 3.8) is 0 Å². The van der Waals surface area contributed by atoms with Crippen molar-refractivity contribution in [1.29, 1.82) is 0 Å². The third-order valence-corrected chi connectivity index (χ3v) is 10.5. The van der Waals surface area contributed by atoms with E-state index in [0.29, 0.717) is 19.3 Å². The maximum Gasteiger partial charge on any atom is 0.306 e. The van der Waals surface area contributed by atoms with Gasteiger partial charge in [-0.1, -0.05) is 204 Å². The van der Waals surface area contributed by atoms with Gasteiger partial charge in [0.1, 0.15) is 13.2 Å². The van der Waals surface area contributed by atoms with Crippen molar-refractivity contribution in [2.75, 3.05) is 13.2 Å². The molecule has 0 bridgehead atoms. The van der Waals surface area contributed by atoms with Gasteiger partial charge in [-0.3, -0.25) is 14.4 Å². The molecule has 0 aliphatic rings. The molecular weight excluding hydrogens is 853 g/mol. The minimum atomic E-state index is -0.847. The SMILES string of the molecule is CC/C=C\C/C=C\C/C=C\C/C=C\C/C=C\C/C=C\CCC(=O)OC[C@H](COC(=O)CCCCCC/C=C\C/C=C\C/C=C\C/C=C\CC)OC(=O)CCCC/C=C\C/C=C\C/C=C\CCCCC. The van der Waals surface area contributed by atoms with Gasteiger partial charge in [0.05, 0.1) is 0 Å². The first-order valence-corrected chi connectivity index (χ1v) is 27.0. The lowest BCUT2D eigenvalue weighted by Crippen LogP contribution is -2.30. The topological polar surface area (TPSA) is 78.9 Å². The molecule has 0 fully saturated rings. The van der Waals surface area contributed by atoms with Crippen LogP contribution in [0.3, 0.4) is 0 Å². The summed E-state index contributed by atoms with van der Waals surface area (Å²) in [7, 11) is 0. The molecule has 6 heteroatoms. The van der Waals surface area contributed by atoms with E-state index in [1.165, 1.54) is 19.3 Å².